The van der Waals surface area contributed by atoms with E-state index in [-0.39, 0.29) is 0 Å². The predicted molar refractivity (Wildman–Crippen MR) is 92.6 cm³/mol. The largest absolute Gasteiger partial charge is 0.378 e. The fraction of sp³-hybridized carbons (Fsp3) is 1.00. The topological polar surface area (TPSA) is 9.23 Å². The van der Waals surface area contributed by atoms with Crippen molar-refractivity contribution in [2.75, 3.05) is 6.61 Å². The average molecular weight is 301 g/mol. The van der Waals surface area contributed by atoms with Gasteiger partial charge in [-0.15, -0.1) is 0 Å². The Kier molecular flexibility index (Phi) is 9.28. The first-order valence-electron chi connectivity index (χ1n) is 8.88. The first-order valence-corrected chi connectivity index (χ1v) is 9.39. The summed E-state index contributed by atoms with van der Waals surface area (Å²) in [5, 5.41) is 0.544. The lowest BCUT2D eigenvalue weighted by atomic mass is 9.76. The fourth-order valence-corrected chi connectivity index (χ4v) is 3.99. The number of ether oxygens (including phenoxy) is 1. The minimum atomic E-state index is 0.474. The van der Waals surface area contributed by atoms with Crippen molar-refractivity contribution in [1.82, 2.24) is 0 Å². The van der Waals surface area contributed by atoms with Crippen LogP contribution in [0.15, 0.2) is 0 Å². The third-order valence-electron chi connectivity index (χ3n) is 5.21. The number of unbranched alkanes of at least 4 members (excludes halogenated alkanes) is 1. The molecule has 1 aliphatic carbocycles. The molecule has 0 aromatic carbocycles. The van der Waals surface area contributed by atoms with Crippen molar-refractivity contribution >= 4 is 12.6 Å². The van der Waals surface area contributed by atoms with E-state index in [1.807, 2.05) is 0 Å². The van der Waals surface area contributed by atoms with E-state index in [4.69, 9.17) is 17.4 Å². The van der Waals surface area contributed by atoms with Gasteiger partial charge in [0.05, 0.1) is 6.10 Å². The number of thiol groups is 1. The second kappa shape index (κ2) is 10.1. The molecule has 0 amide bonds. The summed E-state index contributed by atoms with van der Waals surface area (Å²) in [7, 11) is 0. The normalized spacial score (nSPS) is 30.1. The van der Waals surface area contributed by atoms with Crippen molar-refractivity contribution in [3.8, 4) is 0 Å². The first-order chi connectivity index (χ1) is 9.58. The van der Waals surface area contributed by atoms with E-state index in [1.165, 1.54) is 44.9 Å². The maximum Gasteiger partial charge on any atom is 0.0585 e. The fourth-order valence-electron chi connectivity index (χ4n) is 3.31. The zero-order chi connectivity index (χ0) is 15.0. The summed E-state index contributed by atoms with van der Waals surface area (Å²) in [6.45, 7) is 10.3. The maximum absolute atomic E-state index is 5.99. The molecule has 1 fully saturated rings. The Labute approximate surface area is 132 Å². The predicted octanol–water partition coefficient (Wildman–Crippen LogP) is 5.73. The highest BCUT2D eigenvalue weighted by molar-refractivity contribution is 7.81. The van der Waals surface area contributed by atoms with Gasteiger partial charge < -0.3 is 4.74 Å². The van der Waals surface area contributed by atoms with Crippen LogP contribution in [0.2, 0.25) is 0 Å². The molecule has 0 aliphatic heterocycles. The van der Waals surface area contributed by atoms with Gasteiger partial charge in [0.15, 0.2) is 0 Å². The number of hydrogen-bond acceptors (Lipinski definition) is 2. The van der Waals surface area contributed by atoms with Crippen LogP contribution >= 0.6 is 12.6 Å². The lowest BCUT2D eigenvalue weighted by Crippen LogP contribution is -2.34. The maximum atomic E-state index is 5.99. The smallest absolute Gasteiger partial charge is 0.0585 e. The Bertz CT molecular complexity index is 244. The Morgan fingerprint density at radius 3 is 2.50 bits per heavy atom. The first kappa shape index (κ1) is 18.4. The summed E-state index contributed by atoms with van der Waals surface area (Å²) in [5.41, 5.74) is 0. The summed E-state index contributed by atoms with van der Waals surface area (Å²) < 4.78 is 5.99. The molecule has 1 saturated carbocycles. The van der Waals surface area contributed by atoms with Gasteiger partial charge in [-0.3, -0.25) is 0 Å². The molecule has 0 radical (unpaired) electrons. The highest BCUT2D eigenvalue weighted by Gasteiger charge is 2.31. The van der Waals surface area contributed by atoms with Crippen molar-refractivity contribution in [3.05, 3.63) is 0 Å². The molecular weight excluding hydrogens is 264 g/mol. The summed E-state index contributed by atoms with van der Waals surface area (Å²) in [6, 6.07) is 0. The summed E-state index contributed by atoms with van der Waals surface area (Å²) >= 11 is 4.89. The van der Waals surface area contributed by atoms with Gasteiger partial charge >= 0.3 is 0 Å². The summed E-state index contributed by atoms with van der Waals surface area (Å²) in [5.74, 6) is 2.50. The van der Waals surface area contributed by atoms with E-state index in [9.17, 15) is 0 Å². The monoisotopic (exact) mass is 300 g/mol. The zero-order valence-corrected chi connectivity index (χ0v) is 15.0. The van der Waals surface area contributed by atoms with Crippen molar-refractivity contribution in [1.29, 1.82) is 0 Å². The highest BCUT2D eigenvalue weighted by atomic mass is 32.1. The van der Waals surface area contributed by atoms with E-state index in [1.54, 1.807) is 0 Å². The van der Waals surface area contributed by atoms with Crippen LogP contribution in [0.3, 0.4) is 0 Å². The van der Waals surface area contributed by atoms with Crippen molar-refractivity contribution in [2.24, 2.45) is 17.8 Å². The molecule has 0 aromatic rings. The molecule has 0 N–H and O–H groups in total. The molecule has 120 valence electrons. The van der Waals surface area contributed by atoms with Crippen molar-refractivity contribution in [2.45, 2.75) is 90.4 Å². The second-order valence-corrected chi connectivity index (χ2v) is 7.62. The molecule has 0 aromatic heterocycles. The zero-order valence-electron chi connectivity index (χ0n) is 14.1. The van der Waals surface area contributed by atoms with Crippen LogP contribution in [0.4, 0.5) is 0 Å². The van der Waals surface area contributed by atoms with Crippen LogP contribution in [0.1, 0.15) is 79.1 Å². The van der Waals surface area contributed by atoms with Gasteiger partial charge in [-0.25, -0.2) is 0 Å². The molecular formula is C18H36OS. The molecule has 0 bridgehead atoms. The van der Waals surface area contributed by atoms with Gasteiger partial charge in [0.25, 0.3) is 0 Å². The van der Waals surface area contributed by atoms with E-state index in [2.05, 4.69) is 27.7 Å². The molecule has 0 heterocycles. The van der Waals surface area contributed by atoms with Gasteiger partial charge in [-0.05, 0) is 43.4 Å². The third-order valence-corrected chi connectivity index (χ3v) is 5.81. The lowest BCUT2D eigenvalue weighted by molar-refractivity contribution is 0.0129. The Balaban J connectivity index is 2.28. The van der Waals surface area contributed by atoms with Crippen LogP contribution in [0, 0.1) is 17.8 Å². The number of hydrogen-bond donors (Lipinski definition) is 1. The van der Waals surface area contributed by atoms with Gasteiger partial charge in [-0.1, -0.05) is 53.4 Å². The van der Waals surface area contributed by atoms with Gasteiger partial charge in [0, 0.05) is 11.9 Å². The Morgan fingerprint density at radius 2 is 1.90 bits per heavy atom. The minimum absolute atomic E-state index is 0.474. The average Bonchev–Trinajstić information content (AvgIpc) is 2.44. The van der Waals surface area contributed by atoms with Gasteiger partial charge in [0.1, 0.15) is 0 Å². The van der Waals surface area contributed by atoms with E-state index in [0.717, 1.165) is 30.8 Å². The van der Waals surface area contributed by atoms with Gasteiger partial charge in [0.2, 0.25) is 0 Å². The molecule has 1 aliphatic rings. The standard InChI is InChI=1S/C18H36OS/c1-5-7-12-19-16-10-11-17(18(20)13-16)15(4)9-8-14(3)6-2/h14-18,20H,5-13H2,1-4H3. The minimum Gasteiger partial charge on any atom is -0.378 e. The third kappa shape index (κ3) is 6.39. The Morgan fingerprint density at radius 1 is 1.15 bits per heavy atom. The van der Waals surface area contributed by atoms with Crippen LogP contribution in [-0.4, -0.2) is 18.0 Å². The molecule has 1 nitrogen and oxygen atoms in total. The Hall–Kier alpha value is 0.310. The van der Waals surface area contributed by atoms with Crippen LogP contribution in [-0.2, 0) is 4.74 Å². The molecule has 5 atom stereocenters. The van der Waals surface area contributed by atoms with E-state index >= 15 is 0 Å². The van der Waals surface area contributed by atoms with Crippen LogP contribution < -0.4 is 0 Å². The molecule has 20 heavy (non-hydrogen) atoms. The highest BCUT2D eigenvalue weighted by Crippen LogP contribution is 2.37. The van der Waals surface area contributed by atoms with Crippen molar-refractivity contribution in [3.63, 3.8) is 0 Å². The second-order valence-electron chi connectivity index (χ2n) is 6.96. The van der Waals surface area contributed by atoms with Crippen LogP contribution in [0.25, 0.3) is 0 Å². The van der Waals surface area contributed by atoms with Crippen LogP contribution in [0.5, 0.6) is 0 Å². The molecule has 0 spiro atoms. The molecule has 1 rings (SSSR count). The lowest BCUT2D eigenvalue weighted by Gasteiger charge is -2.37. The molecule has 2 heteroatoms. The number of rotatable bonds is 9. The quantitative estimate of drug-likeness (QED) is 0.422. The SMILES string of the molecule is CCCCOC1CCC(C(C)CCC(C)CC)C(S)C1. The summed E-state index contributed by atoms with van der Waals surface area (Å²) in [4.78, 5) is 0. The van der Waals surface area contributed by atoms with E-state index < -0.39 is 0 Å². The van der Waals surface area contributed by atoms with E-state index in [0.29, 0.717) is 11.4 Å². The molecule has 5 unspecified atom stereocenters. The van der Waals surface area contributed by atoms with Gasteiger partial charge in [-0.2, -0.15) is 12.6 Å². The molecule has 0 saturated heterocycles. The van der Waals surface area contributed by atoms with Crippen molar-refractivity contribution < 1.29 is 4.74 Å². The summed E-state index contributed by atoms with van der Waals surface area (Å²) in [6.07, 6.45) is 10.7.